The number of nitriles is 1. The van der Waals surface area contributed by atoms with Crippen LogP contribution in [-0.4, -0.2) is 11.4 Å². The van der Waals surface area contributed by atoms with Gasteiger partial charge >= 0.3 is 0 Å². The molecule has 0 aromatic rings. The number of carbonyl (C=O) groups excluding carboxylic acids is 1. The van der Waals surface area contributed by atoms with Gasteiger partial charge in [-0.15, -0.1) is 0 Å². The van der Waals surface area contributed by atoms with Crippen LogP contribution in [0.5, 0.6) is 0 Å². The molecule has 1 atom stereocenters. The van der Waals surface area contributed by atoms with Crippen LogP contribution in [0.25, 0.3) is 0 Å². The fourth-order valence-corrected chi connectivity index (χ4v) is 0.443. The highest BCUT2D eigenvalue weighted by atomic mass is 16.1. The van der Waals surface area contributed by atoms with Crippen LogP contribution in [0.4, 0.5) is 0 Å². The van der Waals surface area contributed by atoms with Crippen molar-refractivity contribution < 1.29 is 4.79 Å². The third kappa shape index (κ3) is 2.22. The minimum absolute atomic E-state index is 0.201. The summed E-state index contributed by atoms with van der Waals surface area (Å²) in [6.45, 7) is 1.38. The highest BCUT2D eigenvalue weighted by molar-refractivity contribution is 5.75. The lowest BCUT2D eigenvalue weighted by atomic mass is 10.0. The van der Waals surface area contributed by atoms with Crippen LogP contribution in [-0.2, 0) is 4.79 Å². The zero-order valence-corrected chi connectivity index (χ0v) is 5.59. The molecular formula is C5H8N4O. The zero-order chi connectivity index (χ0) is 8.20. The molecule has 1 amide bonds. The first-order chi connectivity index (χ1) is 4.54. The fourth-order valence-electron chi connectivity index (χ4n) is 0.443. The lowest BCUT2D eigenvalue weighted by molar-refractivity contribution is -0.118. The Morgan fingerprint density at radius 2 is 2.50 bits per heavy atom. The predicted molar refractivity (Wildman–Crippen MR) is 33.0 cm³/mol. The van der Waals surface area contributed by atoms with Crippen LogP contribution in [0.3, 0.4) is 0 Å². The number of nitrogens with one attached hydrogen (secondary N) is 1. The summed E-state index contributed by atoms with van der Waals surface area (Å²) in [6, 6.07) is 1.70. The van der Waals surface area contributed by atoms with E-state index in [1.54, 1.807) is 6.07 Å². The Morgan fingerprint density at radius 3 is 2.60 bits per heavy atom. The van der Waals surface area contributed by atoms with Crippen molar-refractivity contribution in [3.63, 3.8) is 0 Å². The molecule has 0 bridgehead atoms. The maximum absolute atomic E-state index is 10.3. The Kier molecular flexibility index (Phi) is 2.50. The Bertz CT molecular complexity index is 194. The molecule has 0 unspecified atom stereocenters. The van der Waals surface area contributed by atoms with E-state index in [4.69, 9.17) is 16.5 Å². The van der Waals surface area contributed by atoms with Gasteiger partial charge in [0.1, 0.15) is 0 Å². The zero-order valence-electron chi connectivity index (χ0n) is 5.59. The first-order valence-electron chi connectivity index (χ1n) is 2.62. The molecule has 0 heterocycles. The van der Waals surface area contributed by atoms with Crippen molar-refractivity contribution in [3.05, 3.63) is 0 Å². The number of primary amides is 1. The van der Waals surface area contributed by atoms with E-state index in [0.717, 1.165) is 0 Å². The average Bonchev–Trinajstić information content (AvgIpc) is 1.87. The molecule has 10 heavy (non-hydrogen) atoms. The van der Waals surface area contributed by atoms with Crippen molar-refractivity contribution in [1.82, 2.24) is 0 Å². The number of carbonyl (C=O) groups is 1. The summed E-state index contributed by atoms with van der Waals surface area (Å²) in [5, 5.41) is 11.3. The van der Waals surface area contributed by atoms with Crippen LogP contribution in [0.15, 0.2) is 5.11 Å². The largest absolute Gasteiger partial charge is 0.370 e. The average molecular weight is 140 g/mol. The van der Waals surface area contributed by atoms with Crippen LogP contribution >= 0.6 is 0 Å². The molecule has 0 aromatic carbocycles. The molecule has 0 saturated carbocycles. The summed E-state index contributed by atoms with van der Waals surface area (Å²) in [5.74, 6) is -0.625. The Labute approximate surface area is 58.3 Å². The number of hydrogen-bond donors (Lipinski definition) is 2. The van der Waals surface area contributed by atoms with Crippen molar-refractivity contribution >= 4 is 5.91 Å². The van der Waals surface area contributed by atoms with Crippen molar-refractivity contribution in [2.45, 2.75) is 18.9 Å². The number of nitrogens with zero attached hydrogens (tertiary/aromatic N) is 2. The topological polar surface area (TPSA) is 103 Å². The quantitative estimate of drug-likeness (QED) is 0.546. The van der Waals surface area contributed by atoms with Gasteiger partial charge < -0.3 is 5.73 Å². The van der Waals surface area contributed by atoms with Crippen LogP contribution in [0, 0.1) is 16.9 Å². The number of hydrogen-bond acceptors (Lipinski definition) is 4. The molecule has 0 aliphatic rings. The van der Waals surface area contributed by atoms with Crippen LogP contribution in [0.2, 0.25) is 0 Å². The smallest absolute Gasteiger partial charge is 0.221 e. The molecule has 0 aliphatic heterocycles. The third-order valence-corrected chi connectivity index (χ3v) is 1.01. The normalized spacial score (nSPS) is 14.8. The van der Waals surface area contributed by atoms with Gasteiger partial charge in [0, 0.05) is 0 Å². The SMILES string of the molecule is C[C@@](C#N)(CC(N)=O)N=N. The Balaban J connectivity index is 4.24. The van der Waals surface area contributed by atoms with Crippen molar-refractivity contribution in [3.8, 4) is 6.07 Å². The third-order valence-electron chi connectivity index (χ3n) is 1.01. The molecule has 54 valence electrons. The molecule has 5 nitrogen and oxygen atoms in total. The second kappa shape index (κ2) is 2.92. The van der Waals surface area contributed by atoms with E-state index in [1.165, 1.54) is 6.92 Å². The molecule has 0 radical (unpaired) electrons. The monoisotopic (exact) mass is 140 g/mol. The van der Waals surface area contributed by atoms with E-state index in [0.29, 0.717) is 0 Å². The summed E-state index contributed by atoms with van der Waals surface area (Å²) in [7, 11) is 0. The molecule has 5 heteroatoms. The summed E-state index contributed by atoms with van der Waals surface area (Å²) >= 11 is 0. The van der Waals surface area contributed by atoms with Gasteiger partial charge in [0.15, 0.2) is 5.54 Å². The van der Waals surface area contributed by atoms with Gasteiger partial charge in [-0.3, -0.25) is 4.79 Å². The molecule has 3 N–H and O–H groups in total. The lowest BCUT2D eigenvalue weighted by Gasteiger charge is -2.09. The van der Waals surface area contributed by atoms with E-state index >= 15 is 0 Å². The van der Waals surface area contributed by atoms with Gasteiger partial charge in [-0.1, -0.05) is 0 Å². The van der Waals surface area contributed by atoms with Gasteiger partial charge in [0.2, 0.25) is 5.91 Å². The molecule has 0 spiro atoms. The molecule has 0 rings (SSSR count). The Hall–Kier alpha value is -1.44. The van der Waals surface area contributed by atoms with Gasteiger partial charge in [-0.05, 0) is 6.92 Å². The van der Waals surface area contributed by atoms with E-state index < -0.39 is 11.4 Å². The molecule has 0 saturated heterocycles. The minimum Gasteiger partial charge on any atom is -0.370 e. The second-order valence-electron chi connectivity index (χ2n) is 2.14. The summed E-state index contributed by atoms with van der Waals surface area (Å²) in [4.78, 5) is 10.3. The van der Waals surface area contributed by atoms with E-state index in [-0.39, 0.29) is 6.42 Å². The van der Waals surface area contributed by atoms with Gasteiger partial charge in [0.25, 0.3) is 0 Å². The fraction of sp³-hybridized carbons (Fsp3) is 0.600. The first-order valence-corrected chi connectivity index (χ1v) is 2.62. The van der Waals surface area contributed by atoms with Crippen molar-refractivity contribution in [2.75, 3.05) is 0 Å². The van der Waals surface area contributed by atoms with Crippen molar-refractivity contribution in [2.24, 2.45) is 10.8 Å². The highest BCUT2D eigenvalue weighted by Gasteiger charge is 2.24. The van der Waals surface area contributed by atoms with E-state index in [2.05, 4.69) is 5.11 Å². The van der Waals surface area contributed by atoms with Gasteiger partial charge in [-0.2, -0.15) is 10.4 Å². The number of rotatable bonds is 3. The summed E-state index contributed by atoms with van der Waals surface area (Å²) < 4.78 is 0. The lowest BCUT2D eigenvalue weighted by Crippen LogP contribution is -2.27. The summed E-state index contributed by atoms with van der Waals surface area (Å²) in [6.07, 6.45) is -0.201. The van der Waals surface area contributed by atoms with E-state index in [1.807, 2.05) is 0 Å². The minimum atomic E-state index is -1.27. The Morgan fingerprint density at radius 1 is 2.00 bits per heavy atom. The maximum Gasteiger partial charge on any atom is 0.221 e. The second-order valence-corrected chi connectivity index (χ2v) is 2.14. The van der Waals surface area contributed by atoms with Gasteiger partial charge in [0.05, 0.1) is 12.5 Å². The maximum atomic E-state index is 10.3. The summed E-state index contributed by atoms with van der Waals surface area (Å²) in [5.41, 5.74) is 10.1. The molecule has 0 aliphatic carbocycles. The number of nitrogens with two attached hydrogens (primary N) is 1. The van der Waals surface area contributed by atoms with E-state index in [9.17, 15) is 4.79 Å². The van der Waals surface area contributed by atoms with Gasteiger partial charge in [-0.25, -0.2) is 5.53 Å². The number of amides is 1. The molecule has 0 aromatic heterocycles. The highest BCUT2D eigenvalue weighted by Crippen LogP contribution is 2.12. The predicted octanol–water partition coefficient (Wildman–Crippen LogP) is 0.175. The standard InChI is InChI=1S/C5H8N4O/c1-5(3-6,9-8)2-4(7)10/h8H,2H2,1H3,(H2,7,10)/t5-/m0/s1. The molecule has 0 fully saturated rings. The van der Waals surface area contributed by atoms with Crippen molar-refractivity contribution in [1.29, 1.82) is 10.8 Å². The van der Waals surface area contributed by atoms with Crippen LogP contribution < -0.4 is 5.73 Å². The van der Waals surface area contributed by atoms with Crippen LogP contribution in [0.1, 0.15) is 13.3 Å². The molecular weight excluding hydrogens is 132 g/mol. The first kappa shape index (κ1) is 8.56.